The van der Waals surface area contributed by atoms with Gasteiger partial charge < -0.3 is 0 Å². The molecule has 2 aromatic rings. The molecule has 2 aromatic carbocycles. The van der Waals surface area contributed by atoms with Crippen LogP contribution in [0.5, 0.6) is 0 Å². The molecule has 2 rings (SSSR count). The molecule has 2 nitrogen and oxygen atoms in total. The SMILES string of the molecule is Cc1cc(C)cc(C(NN)c2cccc(Br)c2Cl)c1. The Labute approximate surface area is 127 Å². The number of halogens is 2. The summed E-state index contributed by atoms with van der Waals surface area (Å²) < 4.78 is 0.872. The summed E-state index contributed by atoms with van der Waals surface area (Å²) in [4.78, 5) is 0. The second kappa shape index (κ2) is 6.06. The molecule has 0 heterocycles. The zero-order valence-electron chi connectivity index (χ0n) is 10.9. The van der Waals surface area contributed by atoms with Crippen LogP contribution in [0.4, 0.5) is 0 Å². The number of benzene rings is 2. The molecule has 0 spiro atoms. The molecule has 0 saturated heterocycles. The van der Waals surface area contributed by atoms with Crippen molar-refractivity contribution >= 4 is 27.5 Å². The smallest absolute Gasteiger partial charge is 0.0725 e. The van der Waals surface area contributed by atoms with Gasteiger partial charge in [-0.05, 0) is 47.0 Å². The molecule has 0 bridgehead atoms. The fraction of sp³-hybridized carbons (Fsp3) is 0.200. The van der Waals surface area contributed by atoms with Gasteiger partial charge in [-0.25, -0.2) is 5.43 Å². The summed E-state index contributed by atoms with van der Waals surface area (Å²) in [5, 5.41) is 0.685. The molecule has 0 aliphatic rings. The van der Waals surface area contributed by atoms with Crippen LogP contribution in [0, 0.1) is 13.8 Å². The fourth-order valence-electron chi connectivity index (χ4n) is 2.29. The lowest BCUT2D eigenvalue weighted by Crippen LogP contribution is -2.29. The molecule has 3 N–H and O–H groups in total. The van der Waals surface area contributed by atoms with Crippen LogP contribution >= 0.6 is 27.5 Å². The first-order valence-corrected chi connectivity index (χ1v) is 7.18. The zero-order valence-corrected chi connectivity index (χ0v) is 13.2. The van der Waals surface area contributed by atoms with Gasteiger partial charge >= 0.3 is 0 Å². The van der Waals surface area contributed by atoms with E-state index in [1.807, 2.05) is 18.2 Å². The molecule has 100 valence electrons. The van der Waals surface area contributed by atoms with Crippen LogP contribution in [-0.4, -0.2) is 0 Å². The Morgan fingerprint density at radius 3 is 2.37 bits per heavy atom. The van der Waals surface area contributed by atoms with Gasteiger partial charge in [0.2, 0.25) is 0 Å². The van der Waals surface area contributed by atoms with Crippen molar-refractivity contribution in [3.05, 3.63) is 68.1 Å². The topological polar surface area (TPSA) is 38.0 Å². The number of nitrogens with one attached hydrogen (secondary N) is 1. The van der Waals surface area contributed by atoms with Crippen LogP contribution in [0.15, 0.2) is 40.9 Å². The van der Waals surface area contributed by atoms with E-state index >= 15 is 0 Å². The Hall–Kier alpha value is -0.870. The van der Waals surface area contributed by atoms with Crippen molar-refractivity contribution in [1.82, 2.24) is 5.43 Å². The third-order valence-corrected chi connectivity index (χ3v) is 4.35. The van der Waals surface area contributed by atoms with E-state index in [9.17, 15) is 0 Å². The standard InChI is InChI=1S/C15H16BrClN2/c1-9-6-10(2)8-11(7-9)15(19-18)12-4-3-5-13(16)14(12)17/h3-8,15,19H,18H2,1-2H3. The molecule has 1 unspecified atom stereocenters. The summed E-state index contributed by atoms with van der Waals surface area (Å²) in [5.74, 6) is 5.73. The van der Waals surface area contributed by atoms with Gasteiger partial charge in [0.05, 0.1) is 11.1 Å². The fourth-order valence-corrected chi connectivity index (χ4v) is 2.90. The van der Waals surface area contributed by atoms with Crippen LogP contribution < -0.4 is 11.3 Å². The van der Waals surface area contributed by atoms with Gasteiger partial charge in [-0.15, -0.1) is 0 Å². The number of hydrogen-bond donors (Lipinski definition) is 2. The van der Waals surface area contributed by atoms with E-state index in [1.165, 1.54) is 11.1 Å². The third-order valence-electron chi connectivity index (χ3n) is 3.04. The second-order valence-corrected chi connectivity index (χ2v) is 5.90. The van der Waals surface area contributed by atoms with Crippen LogP contribution in [0.1, 0.15) is 28.3 Å². The average molecular weight is 340 g/mol. The lowest BCUT2D eigenvalue weighted by Gasteiger charge is -2.20. The Balaban J connectivity index is 2.53. The molecule has 0 aromatic heterocycles. The number of aryl methyl sites for hydroxylation is 2. The Morgan fingerprint density at radius 1 is 1.16 bits per heavy atom. The molecule has 1 atom stereocenters. The highest BCUT2D eigenvalue weighted by atomic mass is 79.9. The maximum absolute atomic E-state index is 6.35. The largest absolute Gasteiger partial charge is 0.271 e. The van der Waals surface area contributed by atoms with Gasteiger partial charge in [0.1, 0.15) is 0 Å². The highest BCUT2D eigenvalue weighted by molar-refractivity contribution is 9.10. The molecule has 0 saturated carbocycles. The van der Waals surface area contributed by atoms with E-state index in [0.29, 0.717) is 5.02 Å². The van der Waals surface area contributed by atoms with E-state index in [4.69, 9.17) is 17.4 Å². The molecule has 0 aliphatic heterocycles. The van der Waals surface area contributed by atoms with Gasteiger partial charge in [-0.2, -0.15) is 0 Å². The van der Waals surface area contributed by atoms with Crippen molar-refractivity contribution in [2.24, 2.45) is 5.84 Å². The number of hydrogen-bond acceptors (Lipinski definition) is 2. The molecule has 4 heteroatoms. The molecule has 19 heavy (non-hydrogen) atoms. The minimum atomic E-state index is -0.122. The van der Waals surface area contributed by atoms with E-state index in [0.717, 1.165) is 15.6 Å². The number of rotatable bonds is 3. The highest BCUT2D eigenvalue weighted by Gasteiger charge is 2.17. The van der Waals surface area contributed by atoms with Crippen LogP contribution in [-0.2, 0) is 0 Å². The highest BCUT2D eigenvalue weighted by Crippen LogP contribution is 2.33. The van der Waals surface area contributed by atoms with Crippen molar-refractivity contribution in [2.75, 3.05) is 0 Å². The van der Waals surface area contributed by atoms with Gasteiger partial charge in [-0.3, -0.25) is 5.84 Å². The van der Waals surface area contributed by atoms with Crippen molar-refractivity contribution in [2.45, 2.75) is 19.9 Å². The summed E-state index contributed by atoms with van der Waals surface area (Å²) in [7, 11) is 0. The number of nitrogens with two attached hydrogens (primary N) is 1. The monoisotopic (exact) mass is 338 g/mol. The van der Waals surface area contributed by atoms with Crippen LogP contribution in [0.25, 0.3) is 0 Å². The first kappa shape index (κ1) is 14.5. The summed E-state index contributed by atoms with van der Waals surface area (Å²) in [5.41, 5.74) is 7.34. The normalized spacial score (nSPS) is 12.5. The predicted octanol–water partition coefficient (Wildman–Crippen LogP) is 4.27. The zero-order chi connectivity index (χ0) is 14.0. The molecule has 0 amide bonds. The van der Waals surface area contributed by atoms with E-state index in [-0.39, 0.29) is 6.04 Å². The van der Waals surface area contributed by atoms with Gasteiger partial charge in [0.15, 0.2) is 0 Å². The number of hydrazine groups is 1. The maximum atomic E-state index is 6.35. The Morgan fingerprint density at radius 2 is 1.79 bits per heavy atom. The van der Waals surface area contributed by atoms with E-state index in [1.54, 1.807) is 0 Å². The van der Waals surface area contributed by atoms with Gasteiger partial charge in [0.25, 0.3) is 0 Å². The third kappa shape index (κ3) is 3.18. The molecule has 0 radical (unpaired) electrons. The quantitative estimate of drug-likeness (QED) is 0.647. The summed E-state index contributed by atoms with van der Waals surface area (Å²) in [6.45, 7) is 4.15. The second-order valence-electron chi connectivity index (χ2n) is 4.66. The van der Waals surface area contributed by atoms with E-state index < -0.39 is 0 Å². The maximum Gasteiger partial charge on any atom is 0.0725 e. The first-order valence-electron chi connectivity index (χ1n) is 6.01. The van der Waals surface area contributed by atoms with E-state index in [2.05, 4.69) is 53.4 Å². The van der Waals surface area contributed by atoms with Crippen LogP contribution in [0.3, 0.4) is 0 Å². The van der Waals surface area contributed by atoms with Crippen molar-refractivity contribution in [3.8, 4) is 0 Å². The average Bonchev–Trinajstić information content (AvgIpc) is 2.34. The predicted molar refractivity (Wildman–Crippen MR) is 84.2 cm³/mol. The Bertz CT molecular complexity index is 578. The summed E-state index contributed by atoms with van der Waals surface area (Å²) in [6, 6.07) is 12.1. The van der Waals surface area contributed by atoms with Crippen molar-refractivity contribution in [3.63, 3.8) is 0 Å². The van der Waals surface area contributed by atoms with Crippen molar-refractivity contribution < 1.29 is 0 Å². The van der Waals surface area contributed by atoms with Crippen LogP contribution in [0.2, 0.25) is 5.02 Å². The minimum absolute atomic E-state index is 0.122. The molecular weight excluding hydrogens is 324 g/mol. The molecule has 0 aliphatic carbocycles. The summed E-state index contributed by atoms with van der Waals surface area (Å²) in [6.07, 6.45) is 0. The van der Waals surface area contributed by atoms with Gasteiger partial charge in [0, 0.05) is 4.47 Å². The van der Waals surface area contributed by atoms with Gasteiger partial charge in [-0.1, -0.05) is 53.1 Å². The molecule has 0 fully saturated rings. The minimum Gasteiger partial charge on any atom is -0.271 e. The summed E-state index contributed by atoms with van der Waals surface area (Å²) >= 11 is 9.80. The molecular formula is C15H16BrClN2. The Kier molecular flexibility index (Phi) is 4.63. The first-order chi connectivity index (χ1) is 9.02. The lowest BCUT2D eigenvalue weighted by atomic mass is 9.96. The van der Waals surface area contributed by atoms with Crippen molar-refractivity contribution in [1.29, 1.82) is 0 Å². The lowest BCUT2D eigenvalue weighted by molar-refractivity contribution is 0.636.